The van der Waals surface area contributed by atoms with Crippen molar-refractivity contribution in [2.45, 2.75) is 13.8 Å². The smallest absolute Gasteiger partial charge is 0.327 e. The van der Waals surface area contributed by atoms with Crippen molar-refractivity contribution in [1.82, 2.24) is 19.9 Å². The highest BCUT2D eigenvalue weighted by atomic mass is 35.5. The van der Waals surface area contributed by atoms with Crippen LogP contribution in [0.2, 0.25) is 20.4 Å². The van der Waals surface area contributed by atoms with Gasteiger partial charge in [-0.3, -0.25) is 23.7 Å². The molecule has 0 saturated heterocycles. The Morgan fingerprint density at radius 2 is 1.54 bits per heavy atom. The number of esters is 2. The molecule has 0 saturated carbocycles. The normalized spacial score (nSPS) is 11.6. The van der Waals surface area contributed by atoms with Gasteiger partial charge in [0.25, 0.3) is 0 Å². The molecule has 9 N–H and O–H groups in total. The average molecular weight is 822 g/mol. The van der Waals surface area contributed by atoms with Crippen molar-refractivity contribution in [1.29, 1.82) is 5.53 Å². The van der Waals surface area contributed by atoms with Gasteiger partial charge in [0.1, 0.15) is 51.3 Å². The number of nitrogens with zero attached hydrogens (tertiary/aromatic N) is 3. The third-order valence-corrected chi connectivity index (χ3v) is 8.91. The van der Waals surface area contributed by atoms with Crippen LogP contribution in [0.15, 0.2) is 60.0 Å². The minimum Gasteiger partial charge on any atom is -0.507 e. The Kier molecular flexibility index (Phi) is 13.7. The molecule has 0 aliphatic carbocycles. The largest absolute Gasteiger partial charge is 0.507 e. The molecule has 20 heteroatoms. The van der Waals surface area contributed by atoms with Gasteiger partial charge >= 0.3 is 11.9 Å². The molecule has 0 spiro atoms. The lowest BCUT2D eigenvalue weighted by Crippen LogP contribution is -2.33. The number of ketones is 2. The van der Waals surface area contributed by atoms with Crippen molar-refractivity contribution in [3.8, 4) is 17.2 Å². The number of benzene rings is 2. The standard InChI is InChI=1S/C34H32Cl4N8O8/c1-3-53-26(49)13-42-12-22(44-40)17-6-8-18(25(48)10-17)31(51)23-11-20(35)34(38)46(23)30-28(36)33(37)43-29(30)32(52)19-7-5-16(9-24(19)47)21(39)14-45(41)15-27(50)54-4-2/h5-12,14,40,42-43,47-48H,3-4,13,15,39,41H2,1-2H3/b21-14-,22-12-,44-40?. The molecular weight excluding hydrogens is 790 g/mol. The number of carbonyl (C=O) groups excluding carboxylic acids is 4. The second-order valence-electron chi connectivity index (χ2n) is 11.0. The first-order chi connectivity index (χ1) is 25.6. The summed E-state index contributed by atoms with van der Waals surface area (Å²) in [5, 5.41) is 28.1. The number of aromatic amines is 1. The van der Waals surface area contributed by atoms with Crippen LogP contribution in [0, 0.1) is 5.53 Å². The van der Waals surface area contributed by atoms with E-state index < -0.39 is 35.0 Å². The lowest BCUT2D eigenvalue weighted by Gasteiger charge is -2.15. The van der Waals surface area contributed by atoms with Crippen molar-refractivity contribution in [3.05, 3.63) is 109 Å². The number of hydrazine groups is 1. The van der Waals surface area contributed by atoms with Crippen molar-refractivity contribution in [2.75, 3.05) is 26.3 Å². The predicted octanol–water partition coefficient (Wildman–Crippen LogP) is 5.77. The van der Waals surface area contributed by atoms with E-state index >= 15 is 0 Å². The molecule has 0 aliphatic rings. The van der Waals surface area contributed by atoms with Crippen LogP contribution < -0.4 is 16.9 Å². The van der Waals surface area contributed by atoms with Gasteiger partial charge in [-0.1, -0.05) is 58.5 Å². The van der Waals surface area contributed by atoms with Crippen LogP contribution in [0.5, 0.6) is 11.5 Å². The number of rotatable bonds is 16. The molecule has 0 atom stereocenters. The van der Waals surface area contributed by atoms with Crippen molar-refractivity contribution in [2.24, 2.45) is 16.7 Å². The zero-order valence-electron chi connectivity index (χ0n) is 28.4. The van der Waals surface area contributed by atoms with Crippen LogP contribution >= 0.6 is 46.4 Å². The highest BCUT2D eigenvalue weighted by Crippen LogP contribution is 2.41. The van der Waals surface area contributed by atoms with E-state index in [0.717, 1.165) is 9.58 Å². The average Bonchev–Trinajstić information content (AvgIpc) is 3.58. The van der Waals surface area contributed by atoms with Crippen molar-refractivity contribution >= 4 is 81.3 Å². The molecule has 4 aromatic rings. The Balaban J connectivity index is 1.70. The molecule has 0 radical (unpaired) electrons. The molecule has 2 heterocycles. The molecule has 54 heavy (non-hydrogen) atoms. The highest BCUT2D eigenvalue weighted by Gasteiger charge is 2.31. The van der Waals surface area contributed by atoms with E-state index in [1.807, 2.05) is 0 Å². The molecular formula is C34H32Cl4N8O8. The van der Waals surface area contributed by atoms with Gasteiger partial charge in [0.05, 0.1) is 46.4 Å². The molecule has 0 amide bonds. The Bertz CT molecular complexity index is 2200. The molecule has 4 rings (SSSR count). The van der Waals surface area contributed by atoms with Crippen LogP contribution in [0.3, 0.4) is 0 Å². The molecule has 0 aliphatic heterocycles. The van der Waals surface area contributed by atoms with E-state index in [0.29, 0.717) is 0 Å². The Labute approximate surface area is 327 Å². The van der Waals surface area contributed by atoms with Gasteiger partial charge in [-0.25, -0.2) is 11.4 Å². The number of hydrogen-bond acceptors (Lipinski definition) is 14. The summed E-state index contributed by atoms with van der Waals surface area (Å²) in [5.41, 5.74) is 12.9. The van der Waals surface area contributed by atoms with Gasteiger partial charge in [-0.2, -0.15) is 5.11 Å². The molecule has 16 nitrogen and oxygen atoms in total. The maximum Gasteiger partial charge on any atom is 0.327 e. The number of hydrogen-bond donors (Lipinski definition) is 7. The van der Waals surface area contributed by atoms with E-state index in [1.54, 1.807) is 13.8 Å². The van der Waals surface area contributed by atoms with E-state index in [2.05, 4.69) is 15.4 Å². The number of nitrogens with one attached hydrogen (secondary N) is 3. The van der Waals surface area contributed by atoms with E-state index in [-0.39, 0.29) is 97.4 Å². The Hall–Kier alpha value is -5.52. The number of carbonyl (C=O) groups is 4. The van der Waals surface area contributed by atoms with Crippen LogP contribution in [-0.4, -0.2) is 74.6 Å². The Morgan fingerprint density at radius 1 is 0.944 bits per heavy atom. The maximum absolute atomic E-state index is 14.0. The number of nitrogens with two attached hydrogens (primary N) is 2. The molecule has 0 unspecified atom stereocenters. The summed E-state index contributed by atoms with van der Waals surface area (Å²) >= 11 is 25.9. The minimum absolute atomic E-state index is 0.0188. The van der Waals surface area contributed by atoms with E-state index in [1.165, 1.54) is 54.9 Å². The number of aromatic hydroxyl groups is 2. The third kappa shape index (κ3) is 9.15. The minimum atomic E-state index is -0.838. The molecule has 0 fully saturated rings. The number of ether oxygens (including phenoxy) is 2. The monoisotopic (exact) mass is 820 g/mol. The van der Waals surface area contributed by atoms with E-state index in [4.69, 9.17) is 73.0 Å². The quantitative estimate of drug-likeness (QED) is 0.0234. The zero-order chi connectivity index (χ0) is 39.9. The molecule has 2 aromatic carbocycles. The third-order valence-electron chi connectivity index (χ3n) is 7.40. The fourth-order valence-electron chi connectivity index (χ4n) is 4.99. The molecule has 0 bridgehead atoms. The number of phenolic OH excluding ortho intramolecular Hbond substituents is 2. The number of phenols is 2. The number of H-pyrrole nitrogens is 1. The van der Waals surface area contributed by atoms with Crippen LogP contribution in [0.1, 0.15) is 57.1 Å². The van der Waals surface area contributed by atoms with Gasteiger partial charge in [-0.05, 0) is 44.2 Å². The van der Waals surface area contributed by atoms with Gasteiger partial charge in [0.15, 0.2) is 0 Å². The van der Waals surface area contributed by atoms with Crippen LogP contribution in [0.4, 0.5) is 0 Å². The Morgan fingerprint density at radius 3 is 2.15 bits per heavy atom. The lowest BCUT2D eigenvalue weighted by atomic mass is 10.0. The number of halogens is 4. The number of aromatic nitrogens is 2. The summed E-state index contributed by atoms with van der Waals surface area (Å²) in [7, 11) is 0. The maximum atomic E-state index is 14.0. The summed E-state index contributed by atoms with van der Waals surface area (Å²) in [6.45, 7) is 3.15. The fraction of sp³-hybridized carbons (Fsp3) is 0.176. The first-order valence-corrected chi connectivity index (χ1v) is 17.2. The van der Waals surface area contributed by atoms with Crippen LogP contribution in [0.25, 0.3) is 17.1 Å². The van der Waals surface area contributed by atoms with Crippen molar-refractivity contribution in [3.63, 3.8) is 0 Å². The molecule has 284 valence electrons. The summed E-state index contributed by atoms with van der Waals surface area (Å²) in [5.74, 6) is 2.00. The van der Waals surface area contributed by atoms with Gasteiger partial charge in [0.2, 0.25) is 11.6 Å². The van der Waals surface area contributed by atoms with Crippen molar-refractivity contribution < 1.29 is 38.9 Å². The summed E-state index contributed by atoms with van der Waals surface area (Å²) < 4.78 is 10.7. The lowest BCUT2D eigenvalue weighted by molar-refractivity contribution is -0.144. The summed E-state index contributed by atoms with van der Waals surface area (Å²) in [6.07, 6.45) is 2.50. The zero-order valence-corrected chi connectivity index (χ0v) is 31.4. The predicted molar refractivity (Wildman–Crippen MR) is 201 cm³/mol. The molecule has 2 aromatic heterocycles. The van der Waals surface area contributed by atoms with Gasteiger partial charge < -0.3 is 40.7 Å². The second-order valence-corrected chi connectivity index (χ2v) is 12.5. The van der Waals surface area contributed by atoms with E-state index in [9.17, 15) is 29.4 Å². The first kappa shape index (κ1) is 41.2. The summed E-state index contributed by atoms with van der Waals surface area (Å²) in [6, 6.07) is 8.89. The fourth-order valence-corrected chi connectivity index (χ4v) is 5.82. The highest BCUT2D eigenvalue weighted by molar-refractivity contribution is 6.45. The summed E-state index contributed by atoms with van der Waals surface area (Å²) in [4.78, 5) is 53.9. The van der Waals surface area contributed by atoms with Crippen LogP contribution in [-0.2, 0) is 19.1 Å². The van der Waals surface area contributed by atoms with Gasteiger partial charge in [-0.15, -0.1) is 0 Å². The SMILES string of the molecule is CCOC(=O)CN/C=C(\N=N)c1ccc(C(=O)c2cc(Cl)c(Cl)n2-c2c(C(=O)c3ccc(/C(N)=C/N(N)CC(=O)OCC)cc3O)[nH]c(Cl)c2Cl)c(O)c1. The first-order valence-electron chi connectivity index (χ1n) is 15.6. The van der Waals surface area contributed by atoms with Gasteiger partial charge in [0, 0.05) is 23.5 Å². The second kappa shape index (κ2) is 18.0. The topological polar surface area (TPSA) is 251 Å².